The predicted octanol–water partition coefficient (Wildman–Crippen LogP) is 3.97. The quantitative estimate of drug-likeness (QED) is 0.639. The van der Waals surface area contributed by atoms with E-state index in [0.717, 1.165) is 41.0 Å². The van der Waals surface area contributed by atoms with Crippen LogP contribution in [-0.2, 0) is 4.79 Å². The number of hydrogen-bond acceptors (Lipinski definition) is 4. The summed E-state index contributed by atoms with van der Waals surface area (Å²) in [6.07, 6.45) is 0. The van der Waals surface area contributed by atoms with Gasteiger partial charge < -0.3 is 19.3 Å². The van der Waals surface area contributed by atoms with E-state index in [0.29, 0.717) is 19.7 Å². The number of fused-ring (bicyclic) bond motifs is 1. The molecule has 29 heavy (non-hydrogen) atoms. The number of hydrogen-bond donors (Lipinski definition) is 0. The maximum absolute atomic E-state index is 12.6. The van der Waals surface area contributed by atoms with Crippen LogP contribution in [0.1, 0.15) is 6.92 Å². The maximum Gasteiger partial charge on any atom is 0.260 e. The van der Waals surface area contributed by atoms with Gasteiger partial charge in [0.05, 0.1) is 12.3 Å². The zero-order valence-corrected chi connectivity index (χ0v) is 16.7. The van der Waals surface area contributed by atoms with Gasteiger partial charge in [-0.25, -0.2) is 0 Å². The van der Waals surface area contributed by atoms with Crippen molar-refractivity contribution in [2.45, 2.75) is 6.92 Å². The molecular weight excluding hydrogens is 364 g/mol. The third-order valence-corrected chi connectivity index (χ3v) is 5.22. The van der Waals surface area contributed by atoms with E-state index >= 15 is 0 Å². The van der Waals surface area contributed by atoms with Crippen LogP contribution in [0.25, 0.3) is 10.8 Å². The number of anilines is 1. The van der Waals surface area contributed by atoms with Crippen molar-refractivity contribution in [3.8, 4) is 11.5 Å². The van der Waals surface area contributed by atoms with E-state index in [1.54, 1.807) is 0 Å². The first kappa shape index (κ1) is 19.1. The average Bonchev–Trinajstić information content (AvgIpc) is 2.78. The number of rotatable bonds is 6. The summed E-state index contributed by atoms with van der Waals surface area (Å²) in [5.41, 5.74) is 1.09. The Morgan fingerprint density at radius 1 is 0.862 bits per heavy atom. The molecule has 0 atom stereocenters. The van der Waals surface area contributed by atoms with E-state index < -0.39 is 0 Å². The van der Waals surface area contributed by atoms with E-state index in [1.807, 2.05) is 66.4 Å². The Morgan fingerprint density at radius 2 is 1.59 bits per heavy atom. The van der Waals surface area contributed by atoms with Crippen molar-refractivity contribution in [2.24, 2.45) is 0 Å². The van der Waals surface area contributed by atoms with Crippen LogP contribution < -0.4 is 14.4 Å². The normalized spacial score (nSPS) is 14.1. The van der Waals surface area contributed by atoms with E-state index in [2.05, 4.69) is 17.0 Å². The Kier molecular flexibility index (Phi) is 5.84. The number of carbonyl (C=O) groups is 1. The van der Waals surface area contributed by atoms with Gasteiger partial charge in [0.25, 0.3) is 5.91 Å². The van der Waals surface area contributed by atoms with Crippen molar-refractivity contribution in [1.82, 2.24) is 4.90 Å². The lowest BCUT2D eigenvalue weighted by Crippen LogP contribution is -2.50. The number of benzene rings is 3. The third kappa shape index (κ3) is 4.45. The molecule has 0 unspecified atom stereocenters. The lowest BCUT2D eigenvalue weighted by molar-refractivity contribution is -0.133. The zero-order valence-electron chi connectivity index (χ0n) is 16.7. The Bertz CT molecular complexity index is 981. The van der Waals surface area contributed by atoms with E-state index in [-0.39, 0.29) is 12.5 Å². The molecule has 5 heteroatoms. The van der Waals surface area contributed by atoms with Crippen molar-refractivity contribution < 1.29 is 14.3 Å². The minimum Gasteiger partial charge on any atom is -0.492 e. The Hall–Kier alpha value is -3.21. The first-order chi connectivity index (χ1) is 14.2. The zero-order chi connectivity index (χ0) is 20.1. The second kappa shape index (κ2) is 8.86. The van der Waals surface area contributed by atoms with Gasteiger partial charge in [-0.2, -0.15) is 0 Å². The molecule has 0 radical (unpaired) electrons. The van der Waals surface area contributed by atoms with Crippen molar-refractivity contribution in [3.05, 3.63) is 66.7 Å². The fraction of sp³-hybridized carbons (Fsp3) is 0.292. The van der Waals surface area contributed by atoms with Crippen LogP contribution in [0.3, 0.4) is 0 Å². The van der Waals surface area contributed by atoms with Gasteiger partial charge in [0, 0.05) is 26.2 Å². The van der Waals surface area contributed by atoms with Crippen molar-refractivity contribution in [1.29, 1.82) is 0 Å². The number of piperazine rings is 1. The molecule has 0 bridgehead atoms. The van der Waals surface area contributed by atoms with Crippen LogP contribution in [0.4, 0.5) is 5.69 Å². The van der Waals surface area contributed by atoms with Gasteiger partial charge in [0.1, 0.15) is 11.5 Å². The van der Waals surface area contributed by atoms with Gasteiger partial charge in [-0.1, -0.05) is 42.5 Å². The highest BCUT2D eigenvalue weighted by Gasteiger charge is 2.23. The minimum absolute atomic E-state index is 0.0240. The molecule has 1 aliphatic rings. The molecular formula is C24H26N2O3. The molecule has 5 nitrogen and oxygen atoms in total. The number of carbonyl (C=O) groups excluding carboxylic acids is 1. The molecule has 3 aromatic carbocycles. The average molecular weight is 390 g/mol. The standard InChI is InChI=1S/C24H26N2O3/c1-2-28-23-10-6-5-9-22(23)25-13-15-26(16-14-25)24(27)18-29-21-12-11-19-7-3-4-8-20(19)17-21/h3-12,17H,2,13-16,18H2,1H3. The number of amides is 1. The SMILES string of the molecule is CCOc1ccccc1N1CCN(C(=O)COc2ccc3ccccc3c2)CC1. The second-order valence-electron chi connectivity index (χ2n) is 7.07. The topological polar surface area (TPSA) is 42.0 Å². The fourth-order valence-corrected chi connectivity index (χ4v) is 3.69. The van der Waals surface area contributed by atoms with Crippen LogP contribution in [-0.4, -0.2) is 50.2 Å². The monoisotopic (exact) mass is 390 g/mol. The molecule has 0 aromatic heterocycles. The first-order valence-corrected chi connectivity index (χ1v) is 10.1. The fourth-order valence-electron chi connectivity index (χ4n) is 3.69. The largest absolute Gasteiger partial charge is 0.492 e. The van der Waals surface area contributed by atoms with Crippen LogP contribution >= 0.6 is 0 Å². The van der Waals surface area contributed by atoms with Crippen LogP contribution in [0, 0.1) is 0 Å². The second-order valence-corrected chi connectivity index (χ2v) is 7.07. The Labute approximate surface area is 171 Å². The predicted molar refractivity (Wildman–Crippen MR) is 116 cm³/mol. The van der Waals surface area contributed by atoms with Crippen molar-refractivity contribution in [3.63, 3.8) is 0 Å². The van der Waals surface area contributed by atoms with Crippen molar-refractivity contribution >= 4 is 22.4 Å². The van der Waals surface area contributed by atoms with Gasteiger partial charge in [0.15, 0.2) is 6.61 Å². The molecule has 4 rings (SSSR count). The van der Waals surface area contributed by atoms with Crippen LogP contribution in [0.5, 0.6) is 11.5 Å². The number of para-hydroxylation sites is 2. The molecule has 0 N–H and O–H groups in total. The molecule has 1 saturated heterocycles. The summed E-state index contributed by atoms with van der Waals surface area (Å²) in [6, 6.07) is 22.1. The maximum atomic E-state index is 12.6. The molecule has 150 valence electrons. The summed E-state index contributed by atoms with van der Waals surface area (Å²) in [6.45, 7) is 5.62. The summed E-state index contributed by atoms with van der Waals surface area (Å²) in [7, 11) is 0. The van der Waals surface area contributed by atoms with Gasteiger partial charge in [-0.3, -0.25) is 4.79 Å². The lowest BCUT2D eigenvalue weighted by atomic mass is 10.1. The molecule has 1 fully saturated rings. The summed E-state index contributed by atoms with van der Waals surface area (Å²) >= 11 is 0. The van der Waals surface area contributed by atoms with Crippen LogP contribution in [0.2, 0.25) is 0 Å². The molecule has 0 saturated carbocycles. The summed E-state index contributed by atoms with van der Waals surface area (Å²) in [4.78, 5) is 16.8. The summed E-state index contributed by atoms with van der Waals surface area (Å²) in [5.74, 6) is 1.65. The van der Waals surface area contributed by atoms with Gasteiger partial charge in [-0.15, -0.1) is 0 Å². The van der Waals surface area contributed by atoms with Crippen molar-refractivity contribution in [2.75, 3.05) is 44.3 Å². The Balaban J connectivity index is 1.32. The number of ether oxygens (including phenoxy) is 2. The van der Waals surface area contributed by atoms with Gasteiger partial charge in [0.2, 0.25) is 0 Å². The molecule has 0 spiro atoms. The van der Waals surface area contributed by atoms with Gasteiger partial charge in [-0.05, 0) is 42.0 Å². The smallest absolute Gasteiger partial charge is 0.260 e. The van der Waals surface area contributed by atoms with Gasteiger partial charge >= 0.3 is 0 Å². The highest BCUT2D eigenvalue weighted by atomic mass is 16.5. The highest BCUT2D eigenvalue weighted by molar-refractivity contribution is 5.84. The summed E-state index contributed by atoms with van der Waals surface area (Å²) in [5, 5.41) is 2.27. The molecule has 0 aliphatic carbocycles. The number of nitrogens with zero attached hydrogens (tertiary/aromatic N) is 2. The van der Waals surface area contributed by atoms with Crippen LogP contribution in [0.15, 0.2) is 66.7 Å². The first-order valence-electron chi connectivity index (χ1n) is 10.1. The molecule has 1 amide bonds. The van der Waals surface area contributed by atoms with E-state index in [4.69, 9.17) is 9.47 Å². The van der Waals surface area contributed by atoms with E-state index in [1.165, 1.54) is 0 Å². The molecule has 3 aromatic rings. The Morgan fingerprint density at radius 3 is 2.38 bits per heavy atom. The summed E-state index contributed by atoms with van der Waals surface area (Å²) < 4.78 is 11.5. The minimum atomic E-state index is 0.0240. The lowest BCUT2D eigenvalue weighted by Gasteiger charge is -2.36. The highest BCUT2D eigenvalue weighted by Crippen LogP contribution is 2.29. The van der Waals surface area contributed by atoms with E-state index in [9.17, 15) is 4.79 Å². The molecule has 1 aliphatic heterocycles. The third-order valence-electron chi connectivity index (χ3n) is 5.22. The molecule has 1 heterocycles.